The number of benzene rings is 2. The summed E-state index contributed by atoms with van der Waals surface area (Å²) in [6.45, 7) is 1.93. The fourth-order valence-corrected chi connectivity index (χ4v) is 2.96. The lowest BCUT2D eigenvalue weighted by Crippen LogP contribution is -2.30. The number of fused-ring (bicyclic) bond motifs is 1. The van der Waals surface area contributed by atoms with Crippen molar-refractivity contribution in [3.63, 3.8) is 0 Å². The maximum atomic E-state index is 13.1. The zero-order valence-electron chi connectivity index (χ0n) is 14.1. The highest BCUT2D eigenvalue weighted by molar-refractivity contribution is 7.80. The number of alkyl halides is 3. The van der Waals surface area contributed by atoms with Gasteiger partial charge in [0.1, 0.15) is 5.58 Å². The first-order valence-corrected chi connectivity index (χ1v) is 8.42. The van der Waals surface area contributed by atoms with E-state index in [1.54, 1.807) is 0 Å². The van der Waals surface area contributed by atoms with Gasteiger partial charge in [-0.05, 0) is 36.8 Å². The topological polar surface area (TPSA) is 54.3 Å². The Hall–Kier alpha value is -2.87. The monoisotopic (exact) mass is 392 g/mol. The second-order valence-corrected chi connectivity index (χ2v) is 6.33. The van der Waals surface area contributed by atoms with E-state index in [0.29, 0.717) is 16.9 Å². The first-order chi connectivity index (χ1) is 12.7. The molecule has 1 atom stereocenters. The van der Waals surface area contributed by atoms with Gasteiger partial charge in [-0.2, -0.15) is 13.2 Å². The van der Waals surface area contributed by atoms with Crippen molar-refractivity contribution in [2.24, 2.45) is 0 Å². The molecule has 1 unspecified atom stereocenters. The normalized spacial score (nSPS) is 12.6. The van der Waals surface area contributed by atoms with Crippen LogP contribution in [-0.4, -0.2) is 5.11 Å². The van der Waals surface area contributed by atoms with Gasteiger partial charge in [-0.3, -0.25) is 0 Å². The van der Waals surface area contributed by atoms with E-state index in [0.717, 1.165) is 5.56 Å². The zero-order valence-corrected chi connectivity index (χ0v) is 14.9. The average molecular weight is 392 g/mol. The average Bonchev–Trinajstić information content (AvgIpc) is 2.60. The van der Waals surface area contributed by atoms with Crippen molar-refractivity contribution in [1.29, 1.82) is 0 Å². The molecule has 0 saturated heterocycles. The van der Waals surface area contributed by atoms with Crippen LogP contribution in [0.1, 0.15) is 24.1 Å². The maximum Gasteiger partial charge on any atom is 0.417 e. The van der Waals surface area contributed by atoms with Crippen molar-refractivity contribution in [3.05, 3.63) is 76.1 Å². The summed E-state index contributed by atoms with van der Waals surface area (Å²) in [5, 5.41) is 6.08. The first kappa shape index (κ1) is 18.9. The highest BCUT2D eigenvalue weighted by Crippen LogP contribution is 2.34. The van der Waals surface area contributed by atoms with Gasteiger partial charge in [0.05, 0.1) is 11.6 Å². The van der Waals surface area contributed by atoms with Gasteiger partial charge in [0.15, 0.2) is 5.11 Å². The van der Waals surface area contributed by atoms with Crippen LogP contribution in [0.4, 0.5) is 18.9 Å². The Morgan fingerprint density at radius 2 is 1.81 bits per heavy atom. The van der Waals surface area contributed by atoms with Crippen LogP contribution < -0.4 is 16.3 Å². The quantitative estimate of drug-likeness (QED) is 0.493. The molecule has 2 aromatic carbocycles. The smallest absolute Gasteiger partial charge is 0.417 e. The molecule has 0 aliphatic carbocycles. The summed E-state index contributed by atoms with van der Waals surface area (Å²) in [6, 6.07) is 14.0. The Kier molecular flexibility index (Phi) is 5.18. The third-order valence-corrected chi connectivity index (χ3v) is 4.17. The van der Waals surface area contributed by atoms with Crippen LogP contribution in [0.2, 0.25) is 0 Å². The van der Waals surface area contributed by atoms with Gasteiger partial charge >= 0.3 is 11.8 Å². The maximum absolute atomic E-state index is 13.1. The Balaban J connectivity index is 1.81. The molecule has 0 aliphatic heterocycles. The molecule has 1 aromatic heterocycles. The number of hydrogen-bond acceptors (Lipinski definition) is 3. The van der Waals surface area contributed by atoms with Crippen molar-refractivity contribution in [2.45, 2.75) is 19.1 Å². The Morgan fingerprint density at radius 3 is 2.48 bits per heavy atom. The minimum atomic E-state index is -4.65. The molecule has 27 heavy (non-hydrogen) atoms. The van der Waals surface area contributed by atoms with Crippen molar-refractivity contribution in [2.75, 3.05) is 5.32 Å². The summed E-state index contributed by atoms with van der Waals surface area (Å²) >= 11 is 5.25. The molecule has 4 nitrogen and oxygen atoms in total. The van der Waals surface area contributed by atoms with E-state index in [2.05, 4.69) is 10.6 Å². The van der Waals surface area contributed by atoms with Crippen LogP contribution in [0.3, 0.4) is 0 Å². The molecular formula is C19H15F3N2O2S. The number of halogens is 3. The summed E-state index contributed by atoms with van der Waals surface area (Å²) in [5.41, 5.74) is -0.827. The van der Waals surface area contributed by atoms with Crippen molar-refractivity contribution >= 4 is 34.0 Å². The molecule has 3 rings (SSSR count). The van der Waals surface area contributed by atoms with Crippen molar-refractivity contribution < 1.29 is 17.6 Å². The fourth-order valence-electron chi connectivity index (χ4n) is 2.66. The third-order valence-electron chi connectivity index (χ3n) is 3.95. The molecule has 2 N–H and O–H groups in total. The Labute approximate surface area is 158 Å². The lowest BCUT2D eigenvalue weighted by atomic mass is 10.1. The van der Waals surface area contributed by atoms with E-state index < -0.39 is 17.4 Å². The molecule has 8 heteroatoms. The molecule has 3 aromatic rings. The standard InChI is InChI=1S/C19H15F3N2O2S/c1-11(12-5-3-2-4-6-12)23-18(27)24-13-7-8-14-15(19(20,21)22)10-17(25)26-16(14)9-13/h2-11H,1H3,(H2,23,24,27). The number of anilines is 1. The van der Waals surface area contributed by atoms with Crippen LogP contribution in [0.25, 0.3) is 11.0 Å². The summed E-state index contributed by atoms with van der Waals surface area (Å²) in [7, 11) is 0. The molecule has 0 saturated carbocycles. The minimum absolute atomic E-state index is 0.0681. The Bertz CT molecular complexity index is 1030. The van der Waals surface area contributed by atoms with Gasteiger partial charge in [0, 0.05) is 23.2 Å². The van der Waals surface area contributed by atoms with E-state index in [-0.39, 0.29) is 17.0 Å². The summed E-state index contributed by atoms with van der Waals surface area (Å²) in [6.07, 6.45) is -4.65. The van der Waals surface area contributed by atoms with E-state index in [4.69, 9.17) is 16.6 Å². The number of hydrogen-bond donors (Lipinski definition) is 2. The summed E-state index contributed by atoms with van der Waals surface area (Å²) < 4.78 is 44.2. The SMILES string of the molecule is CC(NC(=S)Nc1ccc2c(C(F)(F)F)cc(=O)oc2c1)c1ccccc1. The lowest BCUT2D eigenvalue weighted by molar-refractivity contribution is -0.136. The predicted octanol–water partition coefficient (Wildman–Crippen LogP) is 4.86. The summed E-state index contributed by atoms with van der Waals surface area (Å²) in [5.74, 6) is 0. The molecule has 1 heterocycles. The number of nitrogens with one attached hydrogen (secondary N) is 2. The predicted molar refractivity (Wildman–Crippen MR) is 102 cm³/mol. The summed E-state index contributed by atoms with van der Waals surface area (Å²) in [4.78, 5) is 11.5. The molecule has 0 radical (unpaired) electrons. The van der Waals surface area contributed by atoms with Crippen LogP contribution in [0.15, 0.2) is 63.8 Å². The molecule has 0 bridgehead atoms. The lowest BCUT2D eigenvalue weighted by Gasteiger charge is -2.17. The molecule has 0 aliphatic rings. The van der Waals surface area contributed by atoms with Crippen molar-refractivity contribution in [1.82, 2.24) is 5.32 Å². The highest BCUT2D eigenvalue weighted by Gasteiger charge is 2.33. The number of rotatable bonds is 3. The van der Waals surface area contributed by atoms with Crippen molar-refractivity contribution in [3.8, 4) is 0 Å². The Morgan fingerprint density at radius 1 is 1.11 bits per heavy atom. The van der Waals surface area contributed by atoms with Crippen LogP contribution >= 0.6 is 12.2 Å². The molecule has 0 amide bonds. The first-order valence-electron chi connectivity index (χ1n) is 8.01. The van der Waals surface area contributed by atoms with Crippen LogP contribution in [0, 0.1) is 0 Å². The van der Waals surface area contributed by atoms with Gasteiger partial charge in [0.2, 0.25) is 0 Å². The molecule has 0 fully saturated rings. The number of thiocarbonyl (C=S) groups is 1. The van der Waals surface area contributed by atoms with E-state index in [1.807, 2.05) is 37.3 Å². The molecule has 0 spiro atoms. The fraction of sp³-hybridized carbons (Fsp3) is 0.158. The molecule has 140 valence electrons. The largest absolute Gasteiger partial charge is 0.423 e. The second kappa shape index (κ2) is 7.40. The molecular weight excluding hydrogens is 377 g/mol. The van der Waals surface area contributed by atoms with E-state index in [9.17, 15) is 18.0 Å². The van der Waals surface area contributed by atoms with Gasteiger partial charge < -0.3 is 15.1 Å². The minimum Gasteiger partial charge on any atom is -0.423 e. The van der Waals surface area contributed by atoms with Crippen LogP contribution in [0.5, 0.6) is 0 Å². The third kappa shape index (κ3) is 4.46. The van der Waals surface area contributed by atoms with E-state index >= 15 is 0 Å². The van der Waals surface area contributed by atoms with E-state index in [1.165, 1.54) is 18.2 Å². The van der Waals surface area contributed by atoms with Gasteiger partial charge in [-0.1, -0.05) is 30.3 Å². The van der Waals surface area contributed by atoms with Gasteiger partial charge in [-0.25, -0.2) is 4.79 Å². The van der Waals surface area contributed by atoms with Gasteiger partial charge in [-0.15, -0.1) is 0 Å². The zero-order chi connectivity index (χ0) is 19.6. The van der Waals surface area contributed by atoms with Crippen LogP contribution in [-0.2, 0) is 6.18 Å². The highest BCUT2D eigenvalue weighted by atomic mass is 32.1. The second-order valence-electron chi connectivity index (χ2n) is 5.92. The van der Waals surface area contributed by atoms with Gasteiger partial charge in [0.25, 0.3) is 0 Å².